The normalized spacial score (nSPS) is 24.9. The molecule has 2 rings (SSSR count). The summed E-state index contributed by atoms with van der Waals surface area (Å²) < 4.78 is 11.4. The van der Waals surface area contributed by atoms with Crippen LogP contribution in [0.3, 0.4) is 0 Å². The molecule has 0 unspecified atom stereocenters. The van der Waals surface area contributed by atoms with E-state index in [1.165, 1.54) is 24.4 Å². The van der Waals surface area contributed by atoms with E-state index in [4.69, 9.17) is 9.47 Å². The van der Waals surface area contributed by atoms with Crippen LogP contribution in [-0.2, 0) is 19.1 Å². The monoisotopic (exact) mass is 381 g/mol. The second kappa shape index (κ2) is 9.40. The molecule has 1 aromatic heterocycles. The van der Waals surface area contributed by atoms with Crippen molar-refractivity contribution in [2.24, 2.45) is 0 Å². The minimum absolute atomic E-state index is 0.0829. The highest BCUT2D eigenvalue weighted by Crippen LogP contribution is 2.28. The Balaban J connectivity index is 2.08. The van der Waals surface area contributed by atoms with Crippen LogP contribution in [0.4, 0.5) is 5.82 Å². The molecule has 10 heteroatoms. The Morgan fingerprint density at radius 3 is 2.78 bits per heavy atom. The average Bonchev–Trinajstić information content (AvgIpc) is 2.89. The molecule has 0 bridgehead atoms. The maximum absolute atomic E-state index is 12.2. The summed E-state index contributed by atoms with van der Waals surface area (Å²) in [6.07, 6.45) is -0.0304. The summed E-state index contributed by atoms with van der Waals surface area (Å²) in [6.45, 7) is 3.21. The highest BCUT2D eigenvalue weighted by atomic mass is 16.6. The van der Waals surface area contributed by atoms with Crippen LogP contribution in [0.1, 0.15) is 32.9 Å². The van der Waals surface area contributed by atoms with Gasteiger partial charge in [-0.05, 0) is 19.4 Å². The molecule has 0 spiro atoms. The second-order valence-corrected chi connectivity index (χ2v) is 5.98. The molecule has 0 saturated carbocycles. The lowest BCUT2D eigenvalue weighted by Crippen LogP contribution is -2.36. The highest BCUT2D eigenvalue weighted by molar-refractivity contribution is 5.89. The third kappa shape index (κ3) is 5.22. The van der Waals surface area contributed by atoms with Gasteiger partial charge >= 0.3 is 11.7 Å². The zero-order valence-corrected chi connectivity index (χ0v) is 15.1. The van der Waals surface area contributed by atoms with E-state index in [0.717, 1.165) is 4.57 Å². The van der Waals surface area contributed by atoms with Crippen LogP contribution in [0.25, 0.3) is 0 Å². The molecular weight excluding hydrogens is 358 g/mol. The zero-order chi connectivity index (χ0) is 20.0. The topological polar surface area (TPSA) is 140 Å². The number of aliphatic hydroxyl groups excluding tert-OH is 2. The summed E-state index contributed by atoms with van der Waals surface area (Å²) in [7, 11) is 0. The minimum atomic E-state index is -1.42. The molecule has 0 aromatic carbocycles. The van der Waals surface area contributed by atoms with Gasteiger partial charge in [0.1, 0.15) is 30.7 Å². The van der Waals surface area contributed by atoms with Crippen molar-refractivity contribution in [1.82, 2.24) is 9.55 Å². The molecule has 0 radical (unpaired) electrons. The number of hydrogen-bond donors (Lipinski definition) is 3. The van der Waals surface area contributed by atoms with E-state index >= 15 is 0 Å². The quantitative estimate of drug-likeness (QED) is 0.433. The summed E-state index contributed by atoms with van der Waals surface area (Å²) >= 11 is 0. The van der Waals surface area contributed by atoms with Gasteiger partial charge in [-0.3, -0.25) is 9.36 Å². The van der Waals surface area contributed by atoms with Crippen LogP contribution in [-0.4, -0.2) is 56.6 Å². The number of allylic oxidation sites excluding steroid dienone is 1. The first kappa shape index (κ1) is 20.7. The lowest BCUT2D eigenvalue weighted by atomic mass is 10.1. The SMILES string of the molecule is C/C=C/C(=O)OC[C@H]1O[C@@H](n2ccc(NC(=O)CCC)nc2=O)[C@H](O)[C@@H]1O. The highest BCUT2D eigenvalue weighted by Gasteiger charge is 2.44. The molecule has 1 saturated heterocycles. The van der Waals surface area contributed by atoms with Crippen molar-refractivity contribution in [1.29, 1.82) is 0 Å². The van der Waals surface area contributed by atoms with Crippen molar-refractivity contribution < 1.29 is 29.3 Å². The maximum atomic E-state index is 12.2. The maximum Gasteiger partial charge on any atom is 0.351 e. The Labute approximate surface area is 155 Å². The molecule has 27 heavy (non-hydrogen) atoms. The van der Waals surface area contributed by atoms with Crippen molar-refractivity contribution in [3.63, 3.8) is 0 Å². The molecule has 4 atom stereocenters. The summed E-state index contributed by atoms with van der Waals surface area (Å²) in [5, 5.41) is 22.7. The molecule has 1 fully saturated rings. The fourth-order valence-electron chi connectivity index (χ4n) is 2.55. The molecule has 1 aliphatic rings. The van der Waals surface area contributed by atoms with Crippen molar-refractivity contribution in [3.8, 4) is 0 Å². The van der Waals surface area contributed by atoms with E-state index in [1.807, 2.05) is 6.92 Å². The smallest absolute Gasteiger partial charge is 0.351 e. The number of amides is 1. The Hall–Kier alpha value is -2.56. The fraction of sp³-hybridized carbons (Fsp3) is 0.529. The van der Waals surface area contributed by atoms with Gasteiger partial charge in [-0.2, -0.15) is 4.98 Å². The molecule has 3 N–H and O–H groups in total. The number of rotatable bonds is 7. The summed E-state index contributed by atoms with van der Waals surface area (Å²) in [5.41, 5.74) is -0.771. The van der Waals surface area contributed by atoms with Crippen LogP contribution in [0.2, 0.25) is 0 Å². The number of esters is 1. The van der Waals surface area contributed by atoms with E-state index in [2.05, 4.69) is 10.3 Å². The number of aromatic nitrogens is 2. The second-order valence-electron chi connectivity index (χ2n) is 5.98. The number of ether oxygens (including phenoxy) is 2. The Bertz CT molecular complexity index is 761. The lowest BCUT2D eigenvalue weighted by molar-refractivity contribution is -0.144. The van der Waals surface area contributed by atoms with E-state index in [9.17, 15) is 24.6 Å². The largest absolute Gasteiger partial charge is 0.460 e. The van der Waals surface area contributed by atoms with Crippen LogP contribution in [0, 0.1) is 0 Å². The predicted molar refractivity (Wildman–Crippen MR) is 93.7 cm³/mol. The van der Waals surface area contributed by atoms with Gasteiger partial charge < -0.3 is 25.0 Å². The fourth-order valence-corrected chi connectivity index (χ4v) is 2.55. The number of hydrogen-bond acceptors (Lipinski definition) is 8. The van der Waals surface area contributed by atoms with E-state index < -0.39 is 36.2 Å². The van der Waals surface area contributed by atoms with Crippen molar-refractivity contribution in [3.05, 3.63) is 34.9 Å². The molecule has 1 aliphatic heterocycles. The first-order chi connectivity index (χ1) is 12.9. The van der Waals surface area contributed by atoms with Gasteiger partial charge in [0.15, 0.2) is 6.23 Å². The molecule has 0 aliphatic carbocycles. The molecule has 148 valence electrons. The van der Waals surface area contributed by atoms with Crippen molar-refractivity contribution in [2.75, 3.05) is 11.9 Å². The molecular formula is C17H23N3O7. The number of carbonyl (C=O) groups excluding carboxylic acids is 2. The molecule has 1 amide bonds. The van der Waals surface area contributed by atoms with Crippen molar-refractivity contribution in [2.45, 2.75) is 51.2 Å². The number of nitrogens with zero attached hydrogens (tertiary/aromatic N) is 2. The molecule has 2 heterocycles. The van der Waals surface area contributed by atoms with Gasteiger partial charge in [-0.1, -0.05) is 13.0 Å². The Kier molecular flexibility index (Phi) is 7.22. The number of nitrogens with one attached hydrogen (secondary N) is 1. The van der Waals surface area contributed by atoms with Gasteiger partial charge in [-0.25, -0.2) is 9.59 Å². The first-order valence-electron chi connectivity index (χ1n) is 8.57. The standard InChI is InChI=1S/C17H23N3O7/c1-3-5-12(21)18-11-7-8-20(17(25)19-11)16-15(24)14(23)10(27-16)9-26-13(22)6-4-2/h4,6-8,10,14-16,23-24H,3,5,9H2,1-2H3,(H,18,19,21,25)/b6-4+/t10-,14-,15-,16-/m1/s1. The van der Waals surface area contributed by atoms with Gasteiger partial charge in [0, 0.05) is 18.7 Å². The van der Waals surface area contributed by atoms with Crippen LogP contribution in [0.15, 0.2) is 29.2 Å². The van der Waals surface area contributed by atoms with Crippen LogP contribution in [0.5, 0.6) is 0 Å². The third-order valence-corrected chi connectivity index (χ3v) is 3.88. The summed E-state index contributed by atoms with van der Waals surface area (Å²) in [6, 6.07) is 1.39. The van der Waals surface area contributed by atoms with E-state index in [-0.39, 0.29) is 18.3 Å². The van der Waals surface area contributed by atoms with Gasteiger partial charge in [0.05, 0.1) is 0 Å². The Morgan fingerprint density at radius 2 is 2.15 bits per heavy atom. The van der Waals surface area contributed by atoms with E-state index in [1.54, 1.807) is 6.92 Å². The van der Waals surface area contributed by atoms with E-state index in [0.29, 0.717) is 12.8 Å². The predicted octanol–water partition coefficient (Wildman–Crippen LogP) is -0.280. The van der Waals surface area contributed by atoms with Gasteiger partial charge in [-0.15, -0.1) is 0 Å². The first-order valence-corrected chi connectivity index (χ1v) is 8.57. The summed E-state index contributed by atoms with van der Waals surface area (Å²) in [5.74, 6) is -0.797. The van der Waals surface area contributed by atoms with Crippen LogP contribution < -0.4 is 11.0 Å². The Morgan fingerprint density at radius 1 is 1.41 bits per heavy atom. The third-order valence-electron chi connectivity index (χ3n) is 3.88. The number of aliphatic hydroxyl groups is 2. The zero-order valence-electron chi connectivity index (χ0n) is 15.1. The van der Waals surface area contributed by atoms with Crippen molar-refractivity contribution >= 4 is 17.7 Å². The van der Waals surface area contributed by atoms with Gasteiger partial charge in [0.25, 0.3) is 0 Å². The van der Waals surface area contributed by atoms with Gasteiger partial charge in [0.2, 0.25) is 5.91 Å². The van der Waals surface area contributed by atoms with Crippen LogP contribution >= 0.6 is 0 Å². The summed E-state index contributed by atoms with van der Waals surface area (Å²) in [4.78, 5) is 38.9. The molecule has 10 nitrogen and oxygen atoms in total. The minimum Gasteiger partial charge on any atom is -0.460 e. The lowest BCUT2D eigenvalue weighted by Gasteiger charge is -2.17. The molecule has 1 aromatic rings. The average molecular weight is 381 g/mol. The number of anilines is 1. The number of carbonyl (C=O) groups is 2.